The normalized spacial score (nSPS) is 34.0. The summed E-state index contributed by atoms with van der Waals surface area (Å²) in [5.41, 5.74) is 0. The Kier molecular flexibility index (Phi) is 2.67. The standard InChI is InChI=1S/C16H14N2O3/c19-15-13-10-5-6-11(9-10)14(13)16(20)18(15)17-7-1-3-12-4-2-8-21-12/h1-8,10-11,13-14H,9H2. The Bertz CT molecular complexity index is 642. The fourth-order valence-electron chi connectivity index (χ4n) is 3.63. The Morgan fingerprint density at radius 1 is 1.19 bits per heavy atom. The molecule has 3 aliphatic rings. The van der Waals surface area contributed by atoms with Crippen molar-refractivity contribution in [2.75, 3.05) is 0 Å². The molecule has 4 atom stereocenters. The van der Waals surface area contributed by atoms with Crippen LogP contribution in [0.5, 0.6) is 0 Å². The number of hydrazone groups is 1. The lowest BCUT2D eigenvalue weighted by atomic mass is 9.85. The summed E-state index contributed by atoms with van der Waals surface area (Å²) < 4.78 is 5.14. The van der Waals surface area contributed by atoms with E-state index in [-0.39, 0.29) is 35.5 Å². The largest absolute Gasteiger partial charge is 0.465 e. The lowest BCUT2D eigenvalue weighted by molar-refractivity contribution is -0.140. The number of fused-ring (bicyclic) bond motifs is 5. The van der Waals surface area contributed by atoms with Gasteiger partial charge >= 0.3 is 0 Å². The highest BCUT2D eigenvalue weighted by molar-refractivity contribution is 6.06. The number of amides is 2. The van der Waals surface area contributed by atoms with Crippen LogP contribution in [0, 0.1) is 23.7 Å². The van der Waals surface area contributed by atoms with Crippen LogP contribution in [0.25, 0.3) is 6.08 Å². The predicted octanol–water partition coefficient (Wildman–Crippen LogP) is 2.09. The molecular weight excluding hydrogens is 268 g/mol. The quantitative estimate of drug-likeness (QED) is 0.484. The van der Waals surface area contributed by atoms with Gasteiger partial charge in [0.15, 0.2) is 0 Å². The average molecular weight is 282 g/mol. The molecule has 2 heterocycles. The van der Waals surface area contributed by atoms with Gasteiger partial charge in [0.25, 0.3) is 11.8 Å². The van der Waals surface area contributed by atoms with Gasteiger partial charge in [-0.1, -0.05) is 12.2 Å². The van der Waals surface area contributed by atoms with E-state index in [9.17, 15) is 9.59 Å². The number of allylic oxidation sites excluding steroid dienone is 3. The number of carbonyl (C=O) groups excluding carboxylic acids is 2. The maximum atomic E-state index is 12.3. The van der Waals surface area contributed by atoms with Crippen LogP contribution >= 0.6 is 0 Å². The molecule has 4 rings (SSSR count). The van der Waals surface area contributed by atoms with E-state index in [1.54, 1.807) is 24.5 Å². The number of hydrogen-bond acceptors (Lipinski definition) is 4. The minimum Gasteiger partial charge on any atom is -0.465 e. The minimum atomic E-state index is -0.196. The van der Waals surface area contributed by atoms with Gasteiger partial charge in [-0.05, 0) is 42.5 Å². The van der Waals surface area contributed by atoms with E-state index in [4.69, 9.17) is 4.42 Å². The lowest BCUT2D eigenvalue weighted by Gasteiger charge is -2.13. The molecule has 1 aromatic heterocycles. The van der Waals surface area contributed by atoms with Gasteiger partial charge in [-0.25, -0.2) is 0 Å². The zero-order valence-corrected chi connectivity index (χ0v) is 11.3. The Labute approximate surface area is 121 Å². The van der Waals surface area contributed by atoms with Crippen LogP contribution in [-0.4, -0.2) is 23.0 Å². The van der Waals surface area contributed by atoms with Gasteiger partial charge in [-0.3, -0.25) is 9.59 Å². The number of hydrogen-bond donors (Lipinski definition) is 0. The second-order valence-electron chi connectivity index (χ2n) is 5.63. The SMILES string of the molecule is O=C1C2C3C=CC(C3)C2C(=O)N1N=CC=Cc1ccco1. The number of imide groups is 1. The number of nitrogens with zero attached hydrogens (tertiary/aromatic N) is 2. The Balaban J connectivity index is 1.49. The fourth-order valence-corrected chi connectivity index (χ4v) is 3.63. The number of carbonyl (C=O) groups is 2. The van der Waals surface area contributed by atoms with Crippen molar-refractivity contribution >= 4 is 24.1 Å². The van der Waals surface area contributed by atoms with Crippen LogP contribution in [0.4, 0.5) is 0 Å². The molecule has 21 heavy (non-hydrogen) atoms. The highest BCUT2D eigenvalue weighted by Gasteiger charge is 2.59. The van der Waals surface area contributed by atoms with E-state index >= 15 is 0 Å². The van der Waals surface area contributed by atoms with Gasteiger partial charge in [0, 0.05) is 6.21 Å². The van der Waals surface area contributed by atoms with Gasteiger partial charge in [0.2, 0.25) is 0 Å². The van der Waals surface area contributed by atoms with Crippen LogP contribution in [0.3, 0.4) is 0 Å². The Morgan fingerprint density at radius 3 is 2.52 bits per heavy atom. The van der Waals surface area contributed by atoms with Crippen LogP contribution in [0.1, 0.15) is 12.2 Å². The summed E-state index contributed by atoms with van der Waals surface area (Å²) in [5.74, 6) is 0.414. The third kappa shape index (κ3) is 1.81. The molecule has 2 aliphatic carbocycles. The summed E-state index contributed by atoms with van der Waals surface area (Å²) in [6.07, 6.45) is 11.5. The molecule has 1 aliphatic heterocycles. The molecule has 0 aromatic carbocycles. The maximum Gasteiger partial charge on any atom is 0.254 e. The van der Waals surface area contributed by atoms with Crippen LogP contribution in [0.2, 0.25) is 0 Å². The monoisotopic (exact) mass is 282 g/mol. The van der Waals surface area contributed by atoms with Crippen molar-refractivity contribution in [3.05, 3.63) is 42.4 Å². The fraction of sp³-hybridized carbons (Fsp3) is 0.312. The van der Waals surface area contributed by atoms with Crippen molar-refractivity contribution < 1.29 is 14.0 Å². The van der Waals surface area contributed by atoms with Gasteiger partial charge in [-0.15, -0.1) is 0 Å². The molecule has 0 radical (unpaired) electrons. The van der Waals surface area contributed by atoms with Crippen LogP contribution in [0.15, 0.2) is 46.1 Å². The van der Waals surface area contributed by atoms with E-state index in [0.29, 0.717) is 5.76 Å². The van der Waals surface area contributed by atoms with Gasteiger partial charge < -0.3 is 4.42 Å². The predicted molar refractivity (Wildman–Crippen MR) is 75.8 cm³/mol. The molecule has 1 saturated carbocycles. The number of rotatable bonds is 3. The van der Waals surface area contributed by atoms with Crippen LogP contribution < -0.4 is 0 Å². The first-order valence-electron chi connectivity index (χ1n) is 7.06. The van der Waals surface area contributed by atoms with Crippen molar-refractivity contribution in [2.24, 2.45) is 28.8 Å². The second kappa shape index (κ2) is 4.55. The molecule has 2 bridgehead atoms. The molecule has 5 heteroatoms. The molecule has 5 nitrogen and oxygen atoms in total. The summed E-state index contributed by atoms with van der Waals surface area (Å²) in [6.45, 7) is 0. The van der Waals surface area contributed by atoms with Crippen molar-refractivity contribution in [1.82, 2.24) is 5.01 Å². The highest BCUT2D eigenvalue weighted by Crippen LogP contribution is 2.52. The smallest absolute Gasteiger partial charge is 0.254 e. The number of furan rings is 1. The molecule has 0 N–H and O–H groups in total. The zero-order valence-electron chi connectivity index (χ0n) is 11.3. The average Bonchev–Trinajstić information content (AvgIpc) is 3.23. The van der Waals surface area contributed by atoms with E-state index in [1.807, 2.05) is 6.07 Å². The minimum absolute atomic E-state index is 0.163. The summed E-state index contributed by atoms with van der Waals surface area (Å²) in [7, 11) is 0. The lowest BCUT2D eigenvalue weighted by Crippen LogP contribution is -2.27. The van der Waals surface area contributed by atoms with Gasteiger partial charge in [-0.2, -0.15) is 10.1 Å². The molecule has 1 aromatic rings. The molecule has 4 unspecified atom stereocenters. The summed E-state index contributed by atoms with van der Waals surface area (Å²) in [4.78, 5) is 24.6. The molecule has 2 fully saturated rings. The van der Waals surface area contributed by atoms with E-state index in [1.165, 1.54) is 6.21 Å². The third-order valence-corrected chi connectivity index (χ3v) is 4.52. The summed E-state index contributed by atoms with van der Waals surface area (Å²) in [5, 5.41) is 5.05. The van der Waals surface area contributed by atoms with E-state index < -0.39 is 0 Å². The maximum absolute atomic E-state index is 12.3. The summed E-state index contributed by atoms with van der Waals surface area (Å²) >= 11 is 0. The zero-order chi connectivity index (χ0) is 14.4. The Hall–Kier alpha value is -2.43. The molecule has 0 spiro atoms. The third-order valence-electron chi connectivity index (χ3n) is 4.52. The van der Waals surface area contributed by atoms with Crippen molar-refractivity contribution in [3.8, 4) is 0 Å². The second-order valence-corrected chi connectivity index (χ2v) is 5.63. The molecule has 106 valence electrons. The van der Waals surface area contributed by atoms with Crippen molar-refractivity contribution in [3.63, 3.8) is 0 Å². The van der Waals surface area contributed by atoms with Crippen LogP contribution in [-0.2, 0) is 9.59 Å². The van der Waals surface area contributed by atoms with Crippen molar-refractivity contribution in [1.29, 1.82) is 0 Å². The topological polar surface area (TPSA) is 62.9 Å². The van der Waals surface area contributed by atoms with Gasteiger partial charge in [0.1, 0.15) is 5.76 Å². The molecular formula is C16H14N2O3. The highest BCUT2D eigenvalue weighted by atomic mass is 16.3. The molecule has 2 amide bonds. The molecule has 1 saturated heterocycles. The van der Waals surface area contributed by atoms with E-state index in [0.717, 1.165) is 11.4 Å². The first-order valence-corrected chi connectivity index (χ1v) is 7.06. The first-order chi connectivity index (χ1) is 10.3. The van der Waals surface area contributed by atoms with Crippen molar-refractivity contribution in [2.45, 2.75) is 6.42 Å². The van der Waals surface area contributed by atoms with Gasteiger partial charge in [0.05, 0.1) is 18.1 Å². The van der Waals surface area contributed by atoms with E-state index in [2.05, 4.69) is 17.3 Å². The first kappa shape index (κ1) is 12.3. The summed E-state index contributed by atoms with van der Waals surface area (Å²) in [6, 6.07) is 3.60. The Morgan fingerprint density at radius 2 is 1.90 bits per heavy atom.